The third-order valence-corrected chi connectivity index (χ3v) is 2.44. The number of Topliss-reactive ketones (excluding diaryl/α,β-unsaturated/α-hetero) is 1. The van der Waals surface area contributed by atoms with Crippen molar-refractivity contribution in [1.82, 2.24) is 0 Å². The lowest BCUT2D eigenvalue weighted by molar-refractivity contribution is 0.0979. The van der Waals surface area contributed by atoms with Gasteiger partial charge in [0.1, 0.15) is 12.4 Å². The van der Waals surface area contributed by atoms with Crippen molar-refractivity contribution in [1.29, 1.82) is 0 Å². The zero-order chi connectivity index (χ0) is 12.7. The zero-order valence-electron chi connectivity index (χ0n) is 10.1. The minimum atomic E-state index is -0.0589. The molecule has 94 valence electrons. The molecule has 3 N–H and O–H groups in total. The number of anilines is 1. The van der Waals surface area contributed by atoms with E-state index in [2.05, 4.69) is 0 Å². The highest BCUT2D eigenvalue weighted by molar-refractivity contribution is 5.97. The number of aliphatic hydroxyl groups is 1. The summed E-state index contributed by atoms with van der Waals surface area (Å²) >= 11 is 0. The first-order chi connectivity index (χ1) is 8.19. The van der Waals surface area contributed by atoms with E-state index < -0.39 is 0 Å². The summed E-state index contributed by atoms with van der Waals surface area (Å²) in [5.41, 5.74) is 6.82. The number of nitrogen functional groups attached to an aromatic ring is 1. The van der Waals surface area contributed by atoms with E-state index in [1.54, 1.807) is 18.2 Å². The van der Waals surface area contributed by atoms with Gasteiger partial charge in [0.15, 0.2) is 5.78 Å². The average molecular weight is 237 g/mol. The van der Waals surface area contributed by atoms with Crippen LogP contribution in [0.1, 0.15) is 36.5 Å². The van der Waals surface area contributed by atoms with Crippen LogP contribution in [0.4, 0.5) is 5.69 Å². The van der Waals surface area contributed by atoms with Gasteiger partial charge in [-0.25, -0.2) is 0 Å². The van der Waals surface area contributed by atoms with E-state index in [9.17, 15) is 4.79 Å². The van der Waals surface area contributed by atoms with Crippen LogP contribution in [0.3, 0.4) is 0 Å². The Bertz CT molecular complexity index is 377. The molecule has 1 aromatic carbocycles. The van der Waals surface area contributed by atoms with Crippen LogP contribution in [-0.4, -0.2) is 24.1 Å². The van der Waals surface area contributed by atoms with Crippen molar-refractivity contribution in [3.8, 4) is 5.75 Å². The Morgan fingerprint density at radius 3 is 2.82 bits per heavy atom. The second kappa shape index (κ2) is 6.91. The van der Waals surface area contributed by atoms with E-state index in [1.165, 1.54) is 0 Å². The molecule has 0 unspecified atom stereocenters. The zero-order valence-corrected chi connectivity index (χ0v) is 10.1. The van der Waals surface area contributed by atoms with Gasteiger partial charge in [-0.2, -0.15) is 0 Å². The summed E-state index contributed by atoms with van der Waals surface area (Å²) in [5.74, 6) is 0.610. The average Bonchev–Trinajstić information content (AvgIpc) is 2.34. The van der Waals surface area contributed by atoms with Gasteiger partial charge in [0.2, 0.25) is 0 Å². The third kappa shape index (κ3) is 4.07. The van der Waals surface area contributed by atoms with Crippen molar-refractivity contribution in [2.45, 2.75) is 26.2 Å². The molecule has 0 bridgehead atoms. The molecule has 17 heavy (non-hydrogen) atoms. The van der Waals surface area contributed by atoms with Crippen LogP contribution >= 0.6 is 0 Å². The number of rotatable bonds is 7. The standard InChI is InChI=1S/C13H19NO3/c1-2-3-4-12(16)10-5-6-13(11(14)9-10)17-8-7-15/h5-6,9,15H,2-4,7-8,14H2,1H3. The molecule has 1 aromatic rings. The van der Waals surface area contributed by atoms with Gasteiger partial charge in [0.05, 0.1) is 12.3 Å². The van der Waals surface area contributed by atoms with Crippen LogP contribution < -0.4 is 10.5 Å². The van der Waals surface area contributed by atoms with E-state index in [-0.39, 0.29) is 19.0 Å². The van der Waals surface area contributed by atoms with Gasteiger partial charge in [-0.15, -0.1) is 0 Å². The SMILES string of the molecule is CCCCC(=O)c1ccc(OCCO)c(N)c1. The van der Waals surface area contributed by atoms with E-state index >= 15 is 0 Å². The summed E-state index contributed by atoms with van der Waals surface area (Å²) in [7, 11) is 0. The van der Waals surface area contributed by atoms with Crippen molar-refractivity contribution >= 4 is 11.5 Å². The van der Waals surface area contributed by atoms with Gasteiger partial charge in [0, 0.05) is 12.0 Å². The van der Waals surface area contributed by atoms with Gasteiger partial charge in [-0.1, -0.05) is 13.3 Å². The highest BCUT2D eigenvalue weighted by Gasteiger charge is 2.08. The highest BCUT2D eigenvalue weighted by Crippen LogP contribution is 2.23. The molecule has 0 aliphatic heterocycles. The maximum absolute atomic E-state index is 11.7. The summed E-state index contributed by atoms with van der Waals surface area (Å²) in [6.45, 7) is 2.19. The van der Waals surface area contributed by atoms with Crippen molar-refractivity contribution in [3.63, 3.8) is 0 Å². The van der Waals surface area contributed by atoms with Crippen molar-refractivity contribution in [2.75, 3.05) is 18.9 Å². The first kappa shape index (κ1) is 13.5. The van der Waals surface area contributed by atoms with Crippen molar-refractivity contribution in [2.24, 2.45) is 0 Å². The molecule has 0 aliphatic rings. The van der Waals surface area contributed by atoms with Gasteiger partial charge < -0.3 is 15.6 Å². The molecule has 1 rings (SSSR count). The fraction of sp³-hybridized carbons (Fsp3) is 0.462. The minimum absolute atomic E-state index is 0.0589. The molecule has 0 fully saturated rings. The molecule has 0 heterocycles. The lowest BCUT2D eigenvalue weighted by Gasteiger charge is -2.08. The fourth-order valence-corrected chi connectivity index (χ4v) is 1.49. The van der Waals surface area contributed by atoms with Gasteiger partial charge in [-0.3, -0.25) is 4.79 Å². The molecule has 0 atom stereocenters. The molecule has 4 heteroatoms. The Morgan fingerprint density at radius 1 is 1.47 bits per heavy atom. The highest BCUT2D eigenvalue weighted by atomic mass is 16.5. The Morgan fingerprint density at radius 2 is 2.24 bits per heavy atom. The number of aliphatic hydroxyl groups excluding tert-OH is 1. The summed E-state index contributed by atoms with van der Waals surface area (Å²) in [6, 6.07) is 5.01. The number of carbonyl (C=O) groups excluding carboxylic acids is 1. The van der Waals surface area contributed by atoms with Gasteiger partial charge >= 0.3 is 0 Å². The minimum Gasteiger partial charge on any atom is -0.489 e. The second-order valence-electron chi connectivity index (χ2n) is 3.85. The van der Waals surface area contributed by atoms with Crippen molar-refractivity contribution in [3.05, 3.63) is 23.8 Å². The topological polar surface area (TPSA) is 72.5 Å². The molecule has 4 nitrogen and oxygen atoms in total. The summed E-state index contributed by atoms with van der Waals surface area (Å²) < 4.78 is 5.22. The summed E-state index contributed by atoms with van der Waals surface area (Å²) in [4.78, 5) is 11.7. The Balaban J connectivity index is 2.70. The van der Waals surface area contributed by atoms with E-state index in [4.69, 9.17) is 15.6 Å². The second-order valence-corrected chi connectivity index (χ2v) is 3.85. The summed E-state index contributed by atoms with van der Waals surface area (Å²) in [6.07, 6.45) is 2.44. The van der Waals surface area contributed by atoms with Gasteiger partial charge in [0.25, 0.3) is 0 Å². The lowest BCUT2D eigenvalue weighted by Crippen LogP contribution is -2.05. The molecule has 0 radical (unpaired) electrons. The van der Waals surface area contributed by atoms with E-state index in [0.717, 1.165) is 12.8 Å². The van der Waals surface area contributed by atoms with Crippen LogP contribution in [0.2, 0.25) is 0 Å². The van der Waals surface area contributed by atoms with Crippen LogP contribution in [0, 0.1) is 0 Å². The van der Waals surface area contributed by atoms with Gasteiger partial charge in [-0.05, 0) is 24.6 Å². The molecule has 0 saturated heterocycles. The van der Waals surface area contributed by atoms with Crippen LogP contribution in [0.25, 0.3) is 0 Å². The number of nitrogens with two attached hydrogens (primary N) is 1. The predicted octanol–water partition coefficient (Wildman–Crippen LogP) is 2.01. The van der Waals surface area contributed by atoms with Crippen LogP contribution in [0.5, 0.6) is 5.75 Å². The number of hydrogen-bond acceptors (Lipinski definition) is 4. The smallest absolute Gasteiger partial charge is 0.162 e. The molecule has 0 amide bonds. The Kier molecular flexibility index (Phi) is 5.49. The maximum atomic E-state index is 11.7. The van der Waals surface area contributed by atoms with E-state index in [0.29, 0.717) is 23.4 Å². The molecule has 0 saturated carbocycles. The quantitative estimate of drug-likeness (QED) is 0.562. The fourth-order valence-electron chi connectivity index (χ4n) is 1.49. The number of hydrogen-bond donors (Lipinski definition) is 2. The molecule has 0 spiro atoms. The molecular weight excluding hydrogens is 218 g/mol. The number of carbonyl (C=O) groups is 1. The molecule has 0 aliphatic carbocycles. The monoisotopic (exact) mass is 237 g/mol. The van der Waals surface area contributed by atoms with E-state index in [1.807, 2.05) is 6.92 Å². The molecule has 0 aromatic heterocycles. The Labute approximate surface area is 101 Å². The van der Waals surface area contributed by atoms with Crippen LogP contribution in [0.15, 0.2) is 18.2 Å². The lowest BCUT2D eigenvalue weighted by atomic mass is 10.0. The van der Waals surface area contributed by atoms with Crippen LogP contribution in [-0.2, 0) is 0 Å². The maximum Gasteiger partial charge on any atom is 0.162 e. The Hall–Kier alpha value is -1.55. The first-order valence-corrected chi connectivity index (χ1v) is 5.85. The number of benzene rings is 1. The summed E-state index contributed by atoms with van der Waals surface area (Å²) in [5, 5.41) is 8.64. The number of ether oxygens (including phenoxy) is 1. The number of ketones is 1. The normalized spacial score (nSPS) is 10.2. The third-order valence-electron chi connectivity index (χ3n) is 2.44. The first-order valence-electron chi connectivity index (χ1n) is 5.85. The van der Waals surface area contributed by atoms with Crippen molar-refractivity contribution < 1.29 is 14.6 Å². The predicted molar refractivity (Wildman–Crippen MR) is 67.3 cm³/mol. The largest absolute Gasteiger partial charge is 0.489 e. The molecular formula is C13H19NO3. The number of unbranched alkanes of at least 4 members (excludes halogenated alkanes) is 1.